The van der Waals surface area contributed by atoms with E-state index in [2.05, 4.69) is 5.32 Å². The SMILES string of the molecule is COCCOCCCNCc1ccc(CO)o1. The molecule has 1 aromatic rings. The summed E-state index contributed by atoms with van der Waals surface area (Å²) >= 11 is 0. The summed E-state index contributed by atoms with van der Waals surface area (Å²) < 4.78 is 15.5. The Labute approximate surface area is 102 Å². The predicted octanol–water partition coefficient (Wildman–Crippen LogP) is 0.915. The molecule has 0 spiro atoms. The van der Waals surface area contributed by atoms with Crippen LogP contribution in [0.5, 0.6) is 0 Å². The third-order valence-electron chi connectivity index (χ3n) is 2.25. The van der Waals surface area contributed by atoms with Crippen LogP contribution in [0.4, 0.5) is 0 Å². The molecular formula is C12H21NO4. The summed E-state index contributed by atoms with van der Waals surface area (Å²) in [5, 5.41) is 12.1. The lowest BCUT2D eigenvalue weighted by atomic mass is 10.4. The minimum atomic E-state index is -0.0483. The second-order valence-electron chi connectivity index (χ2n) is 3.66. The fourth-order valence-electron chi connectivity index (χ4n) is 1.36. The van der Waals surface area contributed by atoms with E-state index in [1.165, 1.54) is 0 Å². The topological polar surface area (TPSA) is 63.9 Å². The van der Waals surface area contributed by atoms with Gasteiger partial charge in [0.05, 0.1) is 19.8 Å². The van der Waals surface area contributed by atoms with Crippen molar-refractivity contribution >= 4 is 0 Å². The zero-order valence-electron chi connectivity index (χ0n) is 10.3. The highest BCUT2D eigenvalue weighted by Crippen LogP contribution is 2.06. The molecule has 2 N–H and O–H groups in total. The standard InChI is InChI=1S/C12H21NO4/c1-15-7-8-16-6-2-5-13-9-11-3-4-12(10-14)17-11/h3-4,13-14H,2,5-10H2,1H3. The third-order valence-corrected chi connectivity index (χ3v) is 2.25. The minimum absolute atomic E-state index is 0.0483. The molecule has 0 atom stereocenters. The van der Waals surface area contributed by atoms with Gasteiger partial charge in [-0.1, -0.05) is 0 Å². The highest BCUT2D eigenvalue weighted by molar-refractivity contribution is 5.05. The molecule has 0 amide bonds. The van der Waals surface area contributed by atoms with Crippen LogP contribution in [-0.4, -0.2) is 38.6 Å². The Bertz CT molecular complexity index is 288. The van der Waals surface area contributed by atoms with Crippen molar-refractivity contribution in [3.63, 3.8) is 0 Å². The summed E-state index contributed by atoms with van der Waals surface area (Å²) in [6.45, 7) is 3.53. The zero-order valence-corrected chi connectivity index (χ0v) is 10.3. The smallest absolute Gasteiger partial charge is 0.129 e. The first kappa shape index (κ1) is 14.2. The first-order chi connectivity index (χ1) is 8.36. The average Bonchev–Trinajstić information content (AvgIpc) is 2.80. The molecule has 5 nitrogen and oxygen atoms in total. The summed E-state index contributed by atoms with van der Waals surface area (Å²) in [6.07, 6.45) is 0.956. The van der Waals surface area contributed by atoms with Gasteiger partial charge in [-0.15, -0.1) is 0 Å². The Hall–Kier alpha value is -0.880. The fraction of sp³-hybridized carbons (Fsp3) is 0.667. The molecule has 0 saturated heterocycles. The molecule has 0 aliphatic carbocycles. The molecular weight excluding hydrogens is 222 g/mol. The number of furan rings is 1. The summed E-state index contributed by atoms with van der Waals surface area (Å²) in [5.41, 5.74) is 0. The summed E-state index contributed by atoms with van der Waals surface area (Å²) in [6, 6.07) is 3.65. The number of aliphatic hydroxyl groups excluding tert-OH is 1. The van der Waals surface area contributed by atoms with Crippen molar-refractivity contribution in [2.24, 2.45) is 0 Å². The van der Waals surface area contributed by atoms with Crippen LogP contribution < -0.4 is 5.32 Å². The predicted molar refractivity (Wildman–Crippen MR) is 63.6 cm³/mol. The molecule has 0 bridgehead atoms. The average molecular weight is 243 g/mol. The molecule has 0 radical (unpaired) electrons. The van der Waals surface area contributed by atoms with Gasteiger partial charge in [0.1, 0.15) is 18.1 Å². The van der Waals surface area contributed by atoms with Crippen LogP contribution in [0.15, 0.2) is 16.5 Å². The molecule has 17 heavy (non-hydrogen) atoms. The van der Waals surface area contributed by atoms with Crippen molar-refractivity contribution in [1.29, 1.82) is 0 Å². The maximum absolute atomic E-state index is 8.82. The lowest BCUT2D eigenvalue weighted by Gasteiger charge is -2.04. The Kier molecular flexibility index (Phi) is 7.66. The first-order valence-electron chi connectivity index (χ1n) is 5.82. The molecule has 0 aliphatic rings. The largest absolute Gasteiger partial charge is 0.462 e. The lowest BCUT2D eigenvalue weighted by molar-refractivity contribution is 0.0694. The van der Waals surface area contributed by atoms with Crippen LogP contribution >= 0.6 is 0 Å². The number of aliphatic hydroxyl groups is 1. The summed E-state index contributed by atoms with van der Waals surface area (Å²) in [4.78, 5) is 0. The maximum atomic E-state index is 8.82. The second kappa shape index (κ2) is 9.18. The molecule has 1 rings (SSSR count). The quantitative estimate of drug-likeness (QED) is 0.598. The van der Waals surface area contributed by atoms with E-state index in [0.29, 0.717) is 25.5 Å². The Balaban J connectivity index is 1.93. The molecule has 1 aromatic heterocycles. The third kappa shape index (κ3) is 6.43. The molecule has 98 valence electrons. The number of nitrogens with one attached hydrogen (secondary N) is 1. The minimum Gasteiger partial charge on any atom is -0.462 e. The van der Waals surface area contributed by atoms with Crippen LogP contribution in [0.25, 0.3) is 0 Å². The van der Waals surface area contributed by atoms with E-state index >= 15 is 0 Å². The van der Waals surface area contributed by atoms with Crippen LogP contribution in [0.2, 0.25) is 0 Å². The molecule has 0 aliphatic heterocycles. The number of hydrogen-bond donors (Lipinski definition) is 2. The molecule has 0 fully saturated rings. The van der Waals surface area contributed by atoms with Gasteiger partial charge in [-0.25, -0.2) is 0 Å². The van der Waals surface area contributed by atoms with Crippen LogP contribution in [0.1, 0.15) is 17.9 Å². The van der Waals surface area contributed by atoms with E-state index in [-0.39, 0.29) is 6.61 Å². The van der Waals surface area contributed by atoms with Crippen molar-refractivity contribution in [3.8, 4) is 0 Å². The summed E-state index contributed by atoms with van der Waals surface area (Å²) in [7, 11) is 1.66. The van der Waals surface area contributed by atoms with Crippen LogP contribution in [0, 0.1) is 0 Å². The normalized spacial score (nSPS) is 10.9. The second-order valence-corrected chi connectivity index (χ2v) is 3.66. The van der Waals surface area contributed by atoms with Crippen molar-refractivity contribution in [3.05, 3.63) is 23.7 Å². The van der Waals surface area contributed by atoms with E-state index in [1.54, 1.807) is 13.2 Å². The zero-order chi connectivity index (χ0) is 12.3. The Morgan fingerprint density at radius 2 is 2.06 bits per heavy atom. The van der Waals surface area contributed by atoms with E-state index in [1.807, 2.05) is 6.07 Å². The monoisotopic (exact) mass is 243 g/mol. The van der Waals surface area contributed by atoms with Crippen LogP contribution in [-0.2, 0) is 22.6 Å². The van der Waals surface area contributed by atoms with E-state index < -0.39 is 0 Å². The van der Waals surface area contributed by atoms with Gasteiger partial charge in [0.25, 0.3) is 0 Å². The number of rotatable bonds is 10. The van der Waals surface area contributed by atoms with Gasteiger partial charge in [0.2, 0.25) is 0 Å². The van der Waals surface area contributed by atoms with Crippen LogP contribution in [0.3, 0.4) is 0 Å². The van der Waals surface area contributed by atoms with Gasteiger partial charge in [0, 0.05) is 13.7 Å². The molecule has 0 saturated carbocycles. The number of ether oxygens (including phenoxy) is 2. The highest BCUT2D eigenvalue weighted by atomic mass is 16.5. The Morgan fingerprint density at radius 1 is 1.24 bits per heavy atom. The van der Waals surface area contributed by atoms with E-state index in [9.17, 15) is 0 Å². The van der Waals surface area contributed by atoms with Crippen molar-refractivity contribution in [2.75, 3.05) is 33.5 Å². The number of hydrogen-bond acceptors (Lipinski definition) is 5. The number of methoxy groups -OCH3 is 1. The van der Waals surface area contributed by atoms with Gasteiger partial charge >= 0.3 is 0 Å². The van der Waals surface area contributed by atoms with Gasteiger partial charge in [-0.2, -0.15) is 0 Å². The molecule has 5 heteroatoms. The van der Waals surface area contributed by atoms with Gasteiger partial charge < -0.3 is 24.3 Å². The van der Waals surface area contributed by atoms with Crippen molar-refractivity contribution in [1.82, 2.24) is 5.32 Å². The first-order valence-corrected chi connectivity index (χ1v) is 5.82. The van der Waals surface area contributed by atoms with Crippen molar-refractivity contribution < 1.29 is 19.0 Å². The lowest BCUT2D eigenvalue weighted by Crippen LogP contribution is -2.16. The molecule has 0 unspecified atom stereocenters. The van der Waals surface area contributed by atoms with Gasteiger partial charge in [0.15, 0.2) is 0 Å². The molecule has 0 aromatic carbocycles. The van der Waals surface area contributed by atoms with Crippen molar-refractivity contribution in [2.45, 2.75) is 19.6 Å². The van der Waals surface area contributed by atoms with E-state index in [4.69, 9.17) is 19.0 Å². The summed E-state index contributed by atoms with van der Waals surface area (Å²) in [5.74, 6) is 1.44. The maximum Gasteiger partial charge on any atom is 0.129 e. The van der Waals surface area contributed by atoms with E-state index in [0.717, 1.165) is 25.3 Å². The van der Waals surface area contributed by atoms with Gasteiger partial charge in [-0.05, 0) is 25.1 Å². The Morgan fingerprint density at radius 3 is 2.76 bits per heavy atom. The fourth-order valence-corrected chi connectivity index (χ4v) is 1.36. The van der Waals surface area contributed by atoms with Gasteiger partial charge in [-0.3, -0.25) is 0 Å². The highest BCUT2D eigenvalue weighted by Gasteiger charge is 1.99. The molecule has 1 heterocycles.